The van der Waals surface area contributed by atoms with Crippen molar-refractivity contribution in [2.24, 2.45) is 0 Å². The van der Waals surface area contributed by atoms with Crippen LogP contribution >= 0.6 is 15.9 Å². The summed E-state index contributed by atoms with van der Waals surface area (Å²) in [6.07, 6.45) is -4.94. The number of carbonyl (C=O) groups excluding carboxylic acids is 1. The highest BCUT2D eigenvalue weighted by molar-refractivity contribution is 9.09. The molecule has 21 heavy (non-hydrogen) atoms. The van der Waals surface area contributed by atoms with Crippen molar-refractivity contribution >= 4 is 33.2 Å². The Labute approximate surface area is 125 Å². The first-order valence-corrected chi connectivity index (χ1v) is 6.57. The minimum atomic E-state index is -4.94. The number of nitrogens with zero attached hydrogens (tertiary/aromatic N) is 1. The molecule has 1 aromatic rings. The van der Waals surface area contributed by atoms with Crippen molar-refractivity contribution in [2.45, 2.75) is 18.7 Å². The van der Waals surface area contributed by atoms with E-state index < -0.39 is 39.5 Å². The number of anilines is 1. The molecule has 2 N–H and O–H groups in total. The van der Waals surface area contributed by atoms with Crippen molar-refractivity contribution in [3.63, 3.8) is 0 Å². The lowest BCUT2D eigenvalue weighted by Crippen LogP contribution is -2.41. The number of amides is 1. The molecular weight excluding hydrogens is 361 g/mol. The highest BCUT2D eigenvalue weighted by Gasteiger charge is 2.40. The molecule has 0 saturated carbocycles. The van der Waals surface area contributed by atoms with Crippen LogP contribution in [0.5, 0.6) is 0 Å². The smallest absolute Gasteiger partial charge is 0.379 e. The van der Waals surface area contributed by atoms with Crippen LogP contribution in [-0.4, -0.2) is 26.9 Å². The molecule has 0 saturated heterocycles. The molecule has 1 aromatic carbocycles. The second-order valence-corrected chi connectivity index (χ2v) is 4.88. The minimum Gasteiger partial charge on any atom is -0.379 e. The van der Waals surface area contributed by atoms with Crippen molar-refractivity contribution in [3.05, 3.63) is 33.9 Å². The average Bonchev–Trinajstić information content (AvgIpc) is 2.37. The molecule has 1 atom stereocenters. The van der Waals surface area contributed by atoms with Crippen molar-refractivity contribution in [1.82, 2.24) is 0 Å². The molecule has 1 rings (SSSR count). The van der Waals surface area contributed by atoms with Crippen LogP contribution < -0.4 is 5.32 Å². The number of carbonyl (C=O) groups is 1. The van der Waals surface area contributed by atoms with Crippen LogP contribution in [0.4, 0.5) is 24.5 Å². The Bertz CT molecular complexity index is 575. The summed E-state index contributed by atoms with van der Waals surface area (Å²) < 4.78 is 38.3. The van der Waals surface area contributed by atoms with Gasteiger partial charge in [-0.3, -0.25) is 14.9 Å². The summed E-state index contributed by atoms with van der Waals surface area (Å²) in [5.41, 5.74) is -5.32. The summed E-state index contributed by atoms with van der Waals surface area (Å²) in [6.45, 7) is 1.11. The zero-order valence-corrected chi connectivity index (χ0v) is 12.2. The molecule has 0 aliphatic carbocycles. The first-order chi connectivity index (χ1) is 9.50. The van der Waals surface area contributed by atoms with Crippen molar-refractivity contribution in [3.8, 4) is 0 Å². The predicted molar refractivity (Wildman–Crippen MR) is 71.1 cm³/mol. The zero-order valence-electron chi connectivity index (χ0n) is 10.6. The normalized spacial score (nSPS) is 14.4. The minimum absolute atomic E-state index is 0.196. The van der Waals surface area contributed by atoms with Gasteiger partial charge >= 0.3 is 11.9 Å². The fourth-order valence-electron chi connectivity index (χ4n) is 1.39. The number of hydrogen-bond acceptors (Lipinski definition) is 4. The maximum absolute atomic E-state index is 12.8. The first-order valence-electron chi connectivity index (χ1n) is 5.45. The summed E-state index contributed by atoms with van der Waals surface area (Å²) in [7, 11) is 0. The first kappa shape index (κ1) is 17.4. The van der Waals surface area contributed by atoms with Gasteiger partial charge in [-0.25, -0.2) is 0 Å². The lowest BCUT2D eigenvalue weighted by molar-refractivity contribution is -0.387. The quantitative estimate of drug-likeness (QED) is 0.484. The number of rotatable bonds is 4. The van der Waals surface area contributed by atoms with Gasteiger partial charge in [0.2, 0.25) is 0 Å². The number of alkyl halides is 4. The number of nitrogens with one attached hydrogen (secondary N) is 1. The standard InChI is InChI=1S/C11H10BrF3N2O4/c1-10(19,5-12)9(18)16-7-4-2-3-6(11(13,14)15)8(7)17(20)21/h2-4,19H,5H2,1H3,(H,16,18)/t10-/m0/s1. The molecule has 6 nitrogen and oxygen atoms in total. The molecule has 10 heteroatoms. The van der Waals surface area contributed by atoms with E-state index in [-0.39, 0.29) is 5.33 Å². The van der Waals surface area contributed by atoms with Crippen LogP contribution in [0.3, 0.4) is 0 Å². The third-order valence-electron chi connectivity index (χ3n) is 2.52. The van der Waals surface area contributed by atoms with E-state index >= 15 is 0 Å². The molecule has 0 aliphatic heterocycles. The van der Waals surface area contributed by atoms with Gasteiger partial charge < -0.3 is 10.4 Å². The average molecular weight is 371 g/mol. The fraction of sp³-hybridized carbons (Fsp3) is 0.364. The molecule has 0 aliphatic rings. The number of benzene rings is 1. The number of nitro benzene ring substituents is 1. The molecule has 0 radical (unpaired) electrons. The Morgan fingerprint density at radius 3 is 2.48 bits per heavy atom. The maximum Gasteiger partial charge on any atom is 0.423 e. The molecule has 0 aromatic heterocycles. The number of hydrogen-bond donors (Lipinski definition) is 2. The van der Waals surface area contributed by atoms with Gasteiger partial charge in [-0.15, -0.1) is 0 Å². The van der Waals surface area contributed by atoms with Crippen molar-refractivity contribution in [1.29, 1.82) is 0 Å². The van der Waals surface area contributed by atoms with E-state index in [1.807, 2.05) is 5.32 Å². The van der Waals surface area contributed by atoms with Crippen LogP contribution in [0.1, 0.15) is 12.5 Å². The monoisotopic (exact) mass is 370 g/mol. The van der Waals surface area contributed by atoms with Gasteiger partial charge in [0.1, 0.15) is 16.9 Å². The maximum atomic E-state index is 12.8. The fourth-order valence-corrected chi connectivity index (χ4v) is 1.64. The van der Waals surface area contributed by atoms with Gasteiger partial charge in [0, 0.05) is 5.33 Å². The van der Waals surface area contributed by atoms with Gasteiger partial charge in [-0.2, -0.15) is 13.2 Å². The third kappa shape index (κ3) is 3.91. The predicted octanol–water partition coefficient (Wildman–Crippen LogP) is 2.70. The number of nitro groups is 1. The Hall–Kier alpha value is -1.68. The van der Waals surface area contributed by atoms with Crippen LogP contribution in [0.25, 0.3) is 0 Å². The second-order valence-electron chi connectivity index (χ2n) is 4.32. The van der Waals surface area contributed by atoms with E-state index in [0.717, 1.165) is 19.1 Å². The van der Waals surface area contributed by atoms with Gasteiger partial charge in [0.25, 0.3) is 5.91 Å². The molecule has 116 valence electrons. The molecule has 0 heterocycles. The Kier molecular flexibility index (Phi) is 4.95. The largest absolute Gasteiger partial charge is 0.423 e. The van der Waals surface area contributed by atoms with Crippen LogP contribution in [0.15, 0.2) is 18.2 Å². The Morgan fingerprint density at radius 2 is 2.05 bits per heavy atom. The molecule has 0 unspecified atom stereocenters. The summed E-state index contributed by atoms with van der Waals surface area (Å²) in [5.74, 6) is -1.07. The van der Waals surface area contributed by atoms with E-state index in [4.69, 9.17) is 0 Å². The van der Waals surface area contributed by atoms with Crippen molar-refractivity contribution in [2.75, 3.05) is 10.6 Å². The number of halogens is 4. The molecule has 0 bridgehead atoms. The highest BCUT2D eigenvalue weighted by atomic mass is 79.9. The lowest BCUT2D eigenvalue weighted by atomic mass is 10.1. The van der Waals surface area contributed by atoms with Crippen LogP contribution in [0, 0.1) is 10.1 Å². The molecule has 1 amide bonds. The summed E-state index contributed by atoms with van der Waals surface area (Å²) in [4.78, 5) is 21.3. The van der Waals surface area contributed by atoms with E-state index in [2.05, 4.69) is 15.9 Å². The molecule has 0 fully saturated rings. The lowest BCUT2D eigenvalue weighted by Gasteiger charge is -2.19. The van der Waals surface area contributed by atoms with Gasteiger partial charge in [-0.1, -0.05) is 22.0 Å². The third-order valence-corrected chi connectivity index (χ3v) is 3.61. The van der Waals surface area contributed by atoms with E-state index in [1.54, 1.807) is 0 Å². The van der Waals surface area contributed by atoms with E-state index in [0.29, 0.717) is 6.07 Å². The van der Waals surface area contributed by atoms with Gasteiger partial charge in [0.15, 0.2) is 0 Å². The van der Waals surface area contributed by atoms with Crippen LogP contribution in [-0.2, 0) is 11.0 Å². The highest BCUT2D eigenvalue weighted by Crippen LogP contribution is 2.40. The van der Waals surface area contributed by atoms with E-state index in [1.165, 1.54) is 0 Å². The molecule has 0 spiro atoms. The number of para-hydroxylation sites is 1. The topological polar surface area (TPSA) is 92.5 Å². The SMILES string of the molecule is C[C@](O)(CBr)C(=O)Nc1cccc(C(F)(F)F)c1[N+](=O)[O-]. The van der Waals surface area contributed by atoms with Crippen LogP contribution in [0.2, 0.25) is 0 Å². The second kappa shape index (κ2) is 5.98. The summed E-state index contributed by atoms with van der Waals surface area (Å²) in [6, 6.07) is 2.42. The Morgan fingerprint density at radius 1 is 1.48 bits per heavy atom. The zero-order chi connectivity index (χ0) is 16.4. The van der Waals surface area contributed by atoms with Gasteiger partial charge in [-0.05, 0) is 19.1 Å². The molecular formula is C11H10BrF3N2O4. The van der Waals surface area contributed by atoms with Gasteiger partial charge in [0.05, 0.1) is 4.92 Å². The van der Waals surface area contributed by atoms with Crippen molar-refractivity contribution < 1.29 is 28.0 Å². The number of aliphatic hydroxyl groups is 1. The summed E-state index contributed by atoms with van der Waals surface area (Å²) >= 11 is 2.85. The van der Waals surface area contributed by atoms with E-state index in [9.17, 15) is 33.2 Å². The summed E-state index contributed by atoms with van der Waals surface area (Å²) in [5, 5.41) is 22.3. The Balaban J connectivity index is 3.32.